The Balaban J connectivity index is 2.86. The monoisotopic (exact) mass is 256 g/mol. The first-order chi connectivity index (χ1) is 6.79. The predicted octanol–water partition coefficient (Wildman–Crippen LogP) is 1.83. The Morgan fingerprint density at radius 2 is 2.43 bits per heavy atom. The van der Waals surface area contributed by atoms with Crippen LogP contribution >= 0.6 is 15.9 Å². The summed E-state index contributed by atoms with van der Waals surface area (Å²) in [5.41, 5.74) is 0. The fourth-order valence-electron chi connectivity index (χ4n) is 1.17. The normalized spacial score (nSPS) is 9.86. The lowest BCUT2D eigenvalue weighted by molar-refractivity contribution is 0.302. The van der Waals surface area contributed by atoms with Gasteiger partial charge >= 0.3 is 0 Å². The lowest BCUT2D eigenvalue weighted by Crippen LogP contribution is -2.27. The largest absolute Gasteiger partial charge is 0.395 e. The van der Waals surface area contributed by atoms with E-state index in [0.29, 0.717) is 13.1 Å². The van der Waals surface area contributed by atoms with E-state index in [1.165, 1.54) is 0 Å². The van der Waals surface area contributed by atoms with Crippen molar-refractivity contribution in [2.45, 2.75) is 0 Å². The van der Waals surface area contributed by atoms with E-state index >= 15 is 0 Å². The second kappa shape index (κ2) is 5.78. The van der Waals surface area contributed by atoms with Gasteiger partial charge in [0.15, 0.2) is 0 Å². The molecular weight excluding hydrogens is 244 g/mol. The second-order valence-corrected chi connectivity index (χ2v) is 3.62. The molecule has 1 rings (SSSR count). The summed E-state index contributed by atoms with van der Waals surface area (Å²) in [6, 6.07) is 3.79. The Kier molecular flexibility index (Phi) is 4.62. The van der Waals surface area contributed by atoms with Crippen molar-refractivity contribution in [3.63, 3.8) is 0 Å². The smallest absolute Gasteiger partial charge is 0.143 e. The van der Waals surface area contributed by atoms with Gasteiger partial charge in [-0.1, -0.05) is 6.08 Å². The SMILES string of the molecule is C=CCN(CCO)c1ncccc1Br. The van der Waals surface area contributed by atoms with Gasteiger partial charge in [-0.2, -0.15) is 0 Å². The van der Waals surface area contributed by atoms with Crippen molar-refractivity contribution < 1.29 is 5.11 Å². The first-order valence-electron chi connectivity index (χ1n) is 4.36. The lowest BCUT2D eigenvalue weighted by Gasteiger charge is -2.21. The minimum absolute atomic E-state index is 0.108. The van der Waals surface area contributed by atoms with Gasteiger partial charge in [0.25, 0.3) is 0 Å². The van der Waals surface area contributed by atoms with Crippen LogP contribution in [0.2, 0.25) is 0 Å². The zero-order valence-corrected chi connectivity index (χ0v) is 9.44. The first kappa shape index (κ1) is 11.2. The van der Waals surface area contributed by atoms with Crippen LogP contribution in [0.1, 0.15) is 0 Å². The maximum Gasteiger partial charge on any atom is 0.143 e. The molecule has 1 heterocycles. The van der Waals surface area contributed by atoms with Crippen molar-refractivity contribution in [2.24, 2.45) is 0 Å². The Bertz CT molecular complexity index is 304. The van der Waals surface area contributed by atoms with Gasteiger partial charge in [0.2, 0.25) is 0 Å². The quantitative estimate of drug-likeness (QED) is 0.817. The van der Waals surface area contributed by atoms with Crippen LogP contribution in [0, 0.1) is 0 Å². The standard InChI is InChI=1S/C10H13BrN2O/c1-2-6-13(7-8-14)10-9(11)4-3-5-12-10/h2-5,14H,1,6-8H2. The summed E-state index contributed by atoms with van der Waals surface area (Å²) in [5.74, 6) is 0.835. The topological polar surface area (TPSA) is 36.4 Å². The van der Waals surface area contributed by atoms with E-state index in [2.05, 4.69) is 27.5 Å². The van der Waals surface area contributed by atoms with Crippen molar-refractivity contribution in [3.8, 4) is 0 Å². The molecule has 0 atom stereocenters. The predicted molar refractivity (Wildman–Crippen MR) is 61.4 cm³/mol. The van der Waals surface area contributed by atoms with Gasteiger partial charge in [-0.05, 0) is 28.1 Å². The summed E-state index contributed by atoms with van der Waals surface area (Å²) >= 11 is 3.42. The lowest BCUT2D eigenvalue weighted by atomic mass is 10.4. The van der Waals surface area contributed by atoms with Crippen molar-refractivity contribution in [2.75, 3.05) is 24.6 Å². The molecular formula is C10H13BrN2O. The van der Waals surface area contributed by atoms with Gasteiger partial charge in [0, 0.05) is 19.3 Å². The summed E-state index contributed by atoms with van der Waals surface area (Å²) in [7, 11) is 0. The van der Waals surface area contributed by atoms with Crippen molar-refractivity contribution in [3.05, 3.63) is 35.5 Å². The molecule has 4 heteroatoms. The minimum Gasteiger partial charge on any atom is -0.395 e. The third kappa shape index (κ3) is 2.82. The van der Waals surface area contributed by atoms with Crippen LogP contribution < -0.4 is 4.90 Å². The first-order valence-corrected chi connectivity index (χ1v) is 5.16. The van der Waals surface area contributed by atoms with E-state index in [9.17, 15) is 0 Å². The van der Waals surface area contributed by atoms with Crippen LogP contribution in [0.3, 0.4) is 0 Å². The van der Waals surface area contributed by atoms with Crippen LogP contribution in [0.5, 0.6) is 0 Å². The van der Waals surface area contributed by atoms with Crippen molar-refractivity contribution in [1.82, 2.24) is 4.98 Å². The summed E-state index contributed by atoms with van der Waals surface area (Å²) in [6.07, 6.45) is 3.52. The Morgan fingerprint density at radius 3 is 3.00 bits per heavy atom. The highest BCUT2D eigenvalue weighted by atomic mass is 79.9. The van der Waals surface area contributed by atoms with Crippen LogP contribution in [0.25, 0.3) is 0 Å². The molecule has 0 radical (unpaired) electrons. The molecule has 0 spiro atoms. The van der Waals surface area contributed by atoms with Gasteiger partial charge in [0.05, 0.1) is 11.1 Å². The number of aliphatic hydroxyl groups is 1. The van der Waals surface area contributed by atoms with E-state index in [0.717, 1.165) is 10.3 Å². The zero-order valence-electron chi connectivity index (χ0n) is 7.86. The number of nitrogens with zero attached hydrogens (tertiary/aromatic N) is 2. The van der Waals surface area contributed by atoms with Gasteiger partial charge in [-0.3, -0.25) is 0 Å². The van der Waals surface area contributed by atoms with E-state index in [-0.39, 0.29) is 6.61 Å². The molecule has 0 saturated heterocycles. The molecule has 1 aromatic heterocycles. The molecule has 14 heavy (non-hydrogen) atoms. The number of anilines is 1. The van der Waals surface area contributed by atoms with E-state index in [4.69, 9.17) is 5.11 Å². The third-order valence-electron chi connectivity index (χ3n) is 1.76. The van der Waals surface area contributed by atoms with E-state index in [1.54, 1.807) is 12.3 Å². The van der Waals surface area contributed by atoms with Crippen LogP contribution in [0.4, 0.5) is 5.82 Å². The molecule has 0 fully saturated rings. The third-order valence-corrected chi connectivity index (χ3v) is 2.38. The average Bonchev–Trinajstić information content (AvgIpc) is 2.18. The molecule has 0 aromatic carbocycles. The fourth-order valence-corrected chi connectivity index (χ4v) is 1.68. The van der Waals surface area contributed by atoms with Gasteiger partial charge in [-0.25, -0.2) is 4.98 Å². The molecule has 0 bridgehead atoms. The Hall–Kier alpha value is -0.870. The zero-order chi connectivity index (χ0) is 10.4. The number of pyridine rings is 1. The summed E-state index contributed by atoms with van der Waals surface area (Å²) in [5, 5.41) is 8.90. The number of rotatable bonds is 5. The molecule has 0 saturated carbocycles. The molecule has 76 valence electrons. The van der Waals surface area contributed by atoms with Crippen molar-refractivity contribution in [1.29, 1.82) is 0 Å². The molecule has 0 aliphatic heterocycles. The average molecular weight is 257 g/mol. The maximum atomic E-state index is 8.90. The second-order valence-electron chi connectivity index (χ2n) is 2.77. The highest BCUT2D eigenvalue weighted by Gasteiger charge is 2.08. The minimum atomic E-state index is 0.108. The molecule has 1 N–H and O–H groups in total. The molecule has 0 amide bonds. The summed E-state index contributed by atoms with van der Waals surface area (Å²) < 4.78 is 0.926. The molecule has 3 nitrogen and oxygen atoms in total. The molecule has 0 aliphatic rings. The Labute approximate surface area is 92.2 Å². The highest BCUT2D eigenvalue weighted by Crippen LogP contribution is 2.22. The van der Waals surface area contributed by atoms with Crippen LogP contribution in [0.15, 0.2) is 35.5 Å². The number of halogens is 1. The van der Waals surface area contributed by atoms with Gasteiger partial charge < -0.3 is 10.0 Å². The van der Waals surface area contributed by atoms with E-state index < -0.39 is 0 Å². The summed E-state index contributed by atoms with van der Waals surface area (Å²) in [4.78, 5) is 6.19. The highest BCUT2D eigenvalue weighted by molar-refractivity contribution is 9.10. The molecule has 0 aliphatic carbocycles. The number of hydrogen-bond acceptors (Lipinski definition) is 3. The van der Waals surface area contributed by atoms with Crippen LogP contribution in [-0.4, -0.2) is 29.8 Å². The fraction of sp³-hybridized carbons (Fsp3) is 0.300. The summed E-state index contributed by atoms with van der Waals surface area (Å²) in [6.45, 7) is 5.01. The number of hydrogen-bond donors (Lipinski definition) is 1. The van der Waals surface area contributed by atoms with Gasteiger partial charge in [0.1, 0.15) is 5.82 Å². The van der Waals surface area contributed by atoms with Crippen LogP contribution in [-0.2, 0) is 0 Å². The van der Waals surface area contributed by atoms with Gasteiger partial charge in [-0.15, -0.1) is 6.58 Å². The number of aromatic nitrogens is 1. The number of aliphatic hydroxyl groups excluding tert-OH is 1. The van der Waals surface area contributed by atoms with Crippen molar-refractivity contribution >= 4 is 21.7 Å². The Morgan fingerprint density at radius 1 is 1.64 bits per heavy atom. The maximum absolute atomic E-state index is 8.90. The molecule has 1 aromatic rings. The molecule has 0 unspecified atom stereocenters. The van der Waals surface area contributed by atoms with E-state index in [1.807, 2.05) is 17.0 Å².